The number of benzene rings is 2. The van der Waals surface area contributed by atoms with E-state index >= 15 is 0 Å². The highest BCUT2D eigenvalue weighted by Gasteiger charge is 2.20. The Morgan fingerprint density at radius 2 is 1.85 bits per heavy atom. The zero-order valence-electron chi connectivity index (χ0n) is 17.4. The zero-order valence-corrected chi connectivity index (χ0v) is 17.4. The summed E-state index contributed by atoms with van der Waals surface area (Å²) in [5.74, 6) is 0.938. The van der Waals surface area contributed by atoms with Gasteiger partial charge in [0.25, 0.3) is 0 Å². The van der Waals surface area contributed by atoms with Crippen molar-refractivity contribution in [3.63, 3.8) is 0 Å². The topological polar surface area (TPSA) is 27.6 Å². The third-order valence-corrected chi connectivity index (χ3v) is 5.11. The molecule has 1 aliphatic carbocycles. The number of fused-ring (bicyclic) bond motifs is 1. The van der Waals surface area contributed by atoms with E-state index in [1.165, 1.54) is 35.2 Å². The molecule has 2 aromatic carbocycles. The molecule has 0 atom stereocenters. The van der Waals surface area contributed by atoms with Crippen molar-refractivity contribution >= 4 is 17.3 Å². The fraction of sp³-hybridized carbons (Fsp3) is 0.458. The molecule has 144 valence electrons. The van der Waals surface area contributed by atoms with Gasteiger partial charge in [0.1, 0.15) is 0 Å². The van der Waals surface area contributed by atoms with E-state index in [0.717, 1.165) is 24.5 Å². The van der Waals surface area contributed by atoms with Crippen LogP contribution in [0.1, 0.15) is 57.7 Å². The first-order valence-corrected chi connectivity index (χ1v) is 10.3. The minimum absolute atomic E-state index is 0.305. The fourth-order valence-electron chi connectivity index (χ4n) is 3.82. The summed E-state index contributed by atoms with van der Waals surface area (Å²) in [6.45, 7) is 11.0. The lowest BCUT2D eigenvalue weighted by Crippen LogP contribution is -2.47. The normalized spacial score (nSPS) is 14.0. The van der Waals surface area contributed by atoms with E-state index in [1.807, 2.05) is 0 Å². The van der Waals surface area contributed by atoms with Gasteiger partial charge in [-0.15, -0.1) is 0 Å². The second-order valence-electron chi connectivity index (χ2n) is 7.99. The molecule has 0 saturated heterocycles. The van der Waals surface area contributed by atoms with E-state index in [0.29, 0.717) is 12.1 Å². The van der Waals surface area contributed by atoms with Gasteiger partial charge in [-0.05, 0) is 88.3 Å². The van der Waals surface area contributed by atoms with Crippen molar-refractivity contribution in [1.29, 1.82) is 0 Å². The molecule has 3 nitrogen and oxygen atoms in total. The van der Waals surface area contributed by atoms with Crippen LogP contribution in [0.3, 0.4) is 0 Å². The number of nitrogens with one attached hydrogen (secondary N) is 1. The molecule has 0 unspecified atom stereocenters. The predicted molar refractivity (Wildman–Crippen MR) is 117 cm³/mol. The molecule has 0 bridgehead atoms. The van der Waals surface area contributed by atoms with Gasteiger partial charge in [0.15, 0.2) is 0 Å². The zero-order chi connectivity index (χ0) is 19.4. The lowest BCUT2D eigenvalue weighted by molar-refractivity contribution is 0.697. The maximum absolute atomic E-state index is 5.16. The number of aryl methyl sites for hydroxylation is 2. The molecular formula is C24H33N3. The summed E-state index contributed by atoms with van der Waals surface area (Å²) in [6, 6.07) is 16.0. The van der Waals surface area contributed by atoms with Gasteiger partial charge in [-0.1, -0.05) is 31.2 Å². The molecule has 0 aliphatic heterocycles. The Labute approximate surface area is 164 Å². The SMILES string of the molecule is CCc1cccc(N(C(=Nc2cccc3c2CCC3)NC(C)C)C(C)C)c1. The summed E-state index contributed by atoms with van der Waals surface area (Å²) in [4.78, 5) is 7.48. The second kappa shape index (κ2) is 8.60. The maximum atomic E-state index is 5.16. The smallest absolute Gasteiger partial charge is 0.204 e. The third kappa shape index (κ3) is 4.52. The minimum atomic E-state index is 0.305. The van der Waals surface area contributed by atoms with E-state index in [9.17, 15) is 0 Å². The Balaban J connectivity index is 2.07. The molecule has 27 heavy (non-hydrogen) atoms. The van der Waals surface area contributed by atoms with Crippen LogP contribution in [0, 0.1) is 0 Å². The third-order valence-electron chi connectivity index (χ3n) is 5.11. The van der Waals surface area contributed by atoms with Crippen molar-refractivity contribution in [3.05, 3.63) is 59.2 Å². The van der Waals surface area contributed by atoms with Crippen LogP contribution in [0.5, 0.6) is 0 Å². The van der Waals surface area contributed by atoms with Crippen molar-refractivity contribution in [3.8, 4) is 0 Å². The van der Waals surface area contributed by atoms with Crippen molar-refractivity contribution in [2.75, 3.05) is 4.90 Å². The Morgan fingerprint density at radius 3 is 2.56 bits per heavy atom. The Kier molecular flexibility index (Phi) is 6.20. The number of guanidine groups is 1. The highest BCUT2D eigenvalue weighted by molar-refractivity contribution is 5.98. The Bertz CT molecular complexity index is 805. The van der Waals surface area contributed by atoms with Crippen LogP contribution in [0.2, 0.25) is 0 Å². The molecule has 0 heterocycles. The van der Waals surface area contributed by atoms with Crippen LogP contribution in [-0.4, -0.2) is 18.0 Å². The quantitative estimate of drug-likeness (QED) is 0.550. The summed E-state index contributed by atoms with van der Waals surface area (Å²) >= 11 is 0. The van der Waals surface area contributed by atoms with E-state index in [2.05, 4.69) is 87.3 Å². The molecule has 0 aromatic heterocycles. The molecule has 1 N–H and O–H groups in total. The fourth-order valence-corrected chi connectivity index (χ4v) is 3.82. The highest BCUT2D eigenvalue weighted by Crippen LogP contribution is 2.31. The average Bonchev–Trinajstić information content (AvgIpc) is 3.11. The van der Waals surface area contributed by atoms with E-state index in [4.69, 9.17) is 4.99 Å². The Morgan fingerprint density at radius 1 is 1.07 bits per heavy atom. The van der Waals surface area contributed by atoms with Gasteiger partial charge in [0, 0.05) is 17.8 Å². The van der Waals surface area contributed by atoms with Crippen molar-refractivity contribution < 1.29 is 0 Å². The van der Waals surface area contributed by atoms with E-state index in [1.54, 1.807) is 0 Å². The van der Waals surface area contributed by atoms with Crippen LogP contribution >= 0.6 is 0 Å². The van der Waals surface area contributed by atoms with Gasteiger partial charge in [0.2, 0.25) is 5.96 Å². The summed E-state index contributed by atoms with van der Waals surface area (Å²) in [6.07, 6.45) is 4.59. The number of nitrogens with zero attached hydrogens (tertiary/aromatic N) is 2. The molecule has 3 rings (SSSR count). The van der Waals surface area contributed by atoms with Gasteiger partial charge in [-0.2, -0.15) is 0 Å². The van der Waals surface area contributed by atoms with Crippen molar-refractivity contribution in [2.45, 2.75) is 72.4 Å². The van der Waals surface area contributed by atoms with Gasteiger partial charge in [-0.25, -0.2) is 4.99 Å². The highest BCUT2D eigenvalue weighted by atomic mass is 15.3. The van der Waals surface area contributed by atoms with Crippen LogP contribution < -0.4 is 10.2 Å². The largest absolute Gasteiger partial charge is 0.353 e. The number of aliphatic imine (C=N–C) groups is 1. The van der Waals surface area contributed by atoms with Crippen LogP contribution in [-0.2, 0) is 19.3 Å². The first kappa shape index (κ1) is 19.5. The van der Waals surface area contributed by atoms with Crippen LogP contribution in [0.4, 0.5) is 11.4 Å². The summed E-state index contributed by atoms with van der Waals surface area (Å²) in [5, 5.41) is 3.61. The molecule has 0 radical (unpaired) electrons. The van der Waals surface area contributed by atoms with Gasteiger partial charge in [-0.3, -0.25) is 0 Å². The van der Waals surface area contributed by atoms with Gasteiger partial charge < -0.3 is 10.2 Å². The van der Waals surface area contributed by atoms with Crippen LogP contribution in [0.15, 0.2) is 47.5 Å². The lowest BCUT2D eigenvalue weighted by Gasteiger charge is -2.32. The van der Waals surface area contributed by atoms with Gasteiger partial charge >= 0.3 is 0 Å². The summed E-state index contributed by atoms with van der Waals surface area (Å²) < 4.78 is 0. The lowest BCUT2D eigenvalue weighted by atomic mass is 10.1. The molecular weight excluding hydrogens is 330 g/mol. The molecule has 2 aromatic rings. The van der Waals surface area contributed by atoms with Crippen molar-refractivity contribution in [2.24, 2.45) is 4.99 Å². The predicted octanol–water partition coefficient (Wildman–Crippen LogP) is 5.64. The maximum Gasteiger partial charge on any atom is 0.204 e. The van der Waals surface area contributed by atoms with Gasteiger partial charge in [0.05, 0.1) is 5.69 Å². The molecule has 3 heteroatoms. The number of anilines is 1. The molecule has 0 saturated carbocycles. The first-order chi connectivity index (χ1) is 13.0. The standard InChI is InChI=1S/C24H33N3/c1-6-19-10-7-13-21(16-19)27(18(4)5)24(25-17(2)3)26-23-15-9-12-20-11-8-14-22(20)23/h7,9-10,12-13,15-18H,6,8,11,14H2,1-5H3,(H,25,26). The minimum Gasteiger partial charge on any atom is -0.353 e. The average molecular weight is 364 g/mol. The second-order valence-corrected chi connectivity index (χ2v) is 7.99. The van der Waals surface area contributed by atoms with Crippen LogP contribution in [0.25, 0.3) is 0 Å². The molecule has 0 amide bonds. The van der Waals surface area contributed by atoms with Crippen molar-refractivity contribution in [1.82, 2.24) is 5.32 Å². The number of rotatable bonds is 5. The van der Waals surface area contributed by atoms with E-state index in [-0.39, 0.29) is 0 Å². The monoisotopic (exact) mass is 363 g/mol. The summed E-state index contributed by atoms with van der Waals surface area (Å²) in [7, 11) is 0. The Hall–Kier alpha value is -2.29. The number of hydrogen-bond acceptors (Lipinski definition) is 1. The molecule has 0 spiro atoms. The number of hydrogen-bond donors (Lipinski definition) is 1. The molecule has 1 aliphatic rings. The van der Waals surface area contributed by atoms with E-state index < -0.39 is 0 Å². The summed E-state index contributed by atoms with van der Waals surface area (Å²) in [5.41, 5.74) is 6.55. The first-order valence-electron chi connectivity index (χ1n) is 10.3. The molecule has 0 fully saturated rings.